The van der Waals surface area contributed by atoms with Crippen molar-refractivity contribution in [3.63, 3.8) is 0 Å². The molecule has 0 saturated carbocycles. The molecule has 24 heavy (non-hydrogen) atoms. The van der Waals surface area contributed by atoms with E-state index in [0.717, 1.165) is 11.3 Å². The minimum absolute atomic E-state index is 0.111. The summed E-state index contributed by atoms with van der Waals surface area (Å²) in [7, 11) is 0. The van der Waals surface area contributed by atoms with Crippen LogP contribution in [0.5, 0.6) is 11.5 Å². The standard InChI is InChI=1S/C20H16ClNO2/c21-19-9-5-4-6-15(19)14-20(23)22-16-10-12-18(13-11-16)24-17-7-2-1-3-8-17/h1-13H,14H2,(H,22,23). The van der Waals surface area contributed by atoms with Crippen LogP contribution in [-0.4, -0.2) is 5.91 Å². The fraction of sp³-hybridized carbons (Fsp3) is 0.0500. The molecule has 0 aromatic heterocycles. The van der Waals surface area contributed by atoms with Crippen LogP contribution >= 0.6 is 11.6 Å². The van der Waals surface area contributed by atoms with E-state index in [2.05, 4.69) is 5.32 Å². The molecular formula is C20H16ClNO2. The van der Waals surface area contributed by atoms with Crippen molar-refractivity contribution in [2.24, 2.45) is 0 Å². The van der Waals surface area contributed by atoms with Crippen LogP contribution in [0.25, 0.3) is 0 Å². The van der Waals surface area contributed by atoms with Gasteiger partial charge >= 0.3 is 0 Å². The van der Waals surface area contributed by atoms with Gasteiger partial charge in [-0.2, -0.15) is 0 Å². The Morgan fingerprint density at radius 2 is 1.46 bits per heavy atom. The summed E-state index contributed by atoms with van der Waals surface area (Å²) in [6.45, 7) is 0. The van der Waals surface area contributed by atoms with Crippen LogP contribution < -0.4 is 10.1 Å². The van der Waals surface area contributed by atoms with Gasteiger partial charge in [0.05, 0.1) is 6.42 Å². The van der Waals surface area contributed by atoms with E-state index in [9.17, 15) is 4.79 Å². The molecule has 0 heterocycles. The highest BCUT2D eigenvalue weighted by atomic mass is 35.5. The third-order valence-electron chi connectivity index (χ3n) is 3.43. The zero-order valence-electron chi connectivity index (χ0n) is 12.9. The van der Waals surface area contributed by atoms with Crippen molar-refractivity contribution in [2.75, 3.05) is 5.32 Å². The molecule has 0 aliphatic rings. The molecule has 120 valence electrons. The fourth-order valence-corrected chi connectivity index (χ4v) is 2.45. The fourth-order valence-electron chi connectivity index (χ4n) is 2.25. The molecule has 0 saturated heterocycles. The lowest BCUT2D eigenvalue weighted by molar-refractivity contribution is -0.115. The topological polar surface area (TPSA) is 38.3 Å². The molecule has 1 N–H and O–H groups in total. The summed E-state index contributed by atoms with van der Waals surface area (Å²) in [4.78, 5) is 12.1. The van der Waals surface area contributed by atoms with Crippen molar-refractivity contribution in [1.82, 2.24) is 0 Å². The zero-order chi connectivity index (χ0) is 16.8. The Morgan fingerprint density at radius 1 is 0.833 bits per heavy atom. The number of anilines is 1. The lowest BCUT2D eigenvalue weighted by Crippen LogP contribution is -2.14. The quantitative estimate of drug-likeness (QED) is 0.684. The average molecular weight is 338 g/mol. The first-order valence-electron chi connectivity index (χ1n) is 7.57. The van der Waals surface area contributed by atoms with Crippen LogP contribution in [0.2, 0.25) is 5.02 Å². The van der Waals surface area contributed by atoms with Gasteiger partial charge in [-0.05, 0) is 48.0 Å². The SMILES string of the molecule is O=C(Cc1ccccc1Cl)Nc1ccc(Oc2ccccc2)cc1. The minimum Gasteiger partial charge on any atom is -0.457 e. The number of carbonyl (C=O) groups is 1. The van der Waals surface area contributed by atoms with Crippen LogP contribution in [-0.2, 0) is 11.2 Å². The van der Waals surface area contributed by atoms with Crippen molar-refractivity contribution in [3.05, 3.63) is 89.4 Å². The average Bonchev–Trinajstić information content (AvgIpc) is 2.60. The highest BCUT2D eigenvalue weighted by Gasteiger charge is 2.07. The Balaban J connectivity index is 1.60. The largest absolute Gasteiger partial charge is 0.457 e. The van der Waals surface area contributed by atoms with E-state index in [1.54, 1.807) is 6.07 Å². The maximum atomic E-state index is 12.1. The van der Waals surface area contributed by atoms with Gasteiger partial charge in [0.1, 0.15) is 11.5 Å². The lowest BCUT2D eigenvalue weighted by Gasteiger charge is -2.08. The summed E-state index contributed by atoms with van der Waals surface area (Å²) in [5, 5.41) is 3.45. The number of amides is 1. The van der Waals surface area contributed by atoms with Crippen molar-refractivity contribution in [3.8, 4) is 11.5 Å². The number of halogens is 1. The summed E-state index contributed by atoms with van der Waals surface area (Å²) in [5.41, 5.74) is 1.52. The molecule has 3 aromatic rings. The number of rotatable bonds is 5. The smallest absolute Gasteiger partial charge is 0.228 e. The molecule has 3 aromatic carbocycles. The lowest BCUT2D eigenvalue weighted by atomic mass is 10.1. The molecule has 3 rings (SSSR count). The summed E-state index contributed by atoms with van der Waals surface area (Å²) in [5.74, 6) is 1.37. The minimum atomic E-state index is -0.111. The molecule has 0 radical (unpaired) electrons. The molecule has 0 atom stereocenters. The third-order valence-corrected chi connectivity index (χ3v) is 3.79. The number of hydrogen-bond acceptors (Lipinski definition) is 2. The normalized spacial score (nSPS) is 10.2. The molecule has 0 spiro atoms. The van der Waals surface area contributed by atoms with Gasteiger partial charge in [-0.1, -0.05) is 48.0 Å². The predicted molar refractivity (Wildman–Crippen MR) is 96.7 cm³/mol. The van der Waals surface area contributed by atoms with Crippen molar-refractivity contribution < 1.29 is 9.53 Å². The van der Waals surface area contributed by atoms with E-state index < -0.39 is 0 Å². The summed E-state index contributed by atoms with van der Waals surface area (Å²) in [6, 6.07) is 24.1. The molecule has 4 heteroatoms. The van der Waals surface area contributed by atoms with Crippen molar-refractivity contribution >= 4 is 23.2 Å². The van der Waals surface area contributed by atoms with Gasteiger partial charge in [-0.3, -0.25) is 4.79 Å². The second-order valence-corrected chi connectivity index (χ2v) is 5.66. The first-order chi connectivity index (χ1) is 11.7. The molecular weight excluding hydrogens is 322 g/mol. The first kappa shape index (κ1) is 16.1. The Bertz CT molecular complexity index is 817. The molecule has 0 aliphatic heterocycles. The molecule has 1 amide bonds. The number of para-hydroxylation sites is 1. The number of ether oxygens (including phenoxy) is 1. The number of hydrogen-bond donors (Lipinski definition) is 1. The Hall–Kier alpha value is -2.78. The van der Waals surface area contributed by atoms with Crippen molar-refractivity contribution in [1.29, 1.82) is 0 Å². The summed E-state index contributed by atoms with van der Waals surface area (Å²) >= 11 is 6.07. The molecule has 0 unspecified atom stereocenters. The van der Waals surface area contributed by atoms with E-state index in [4.69, 9.17) is 16.3 Å². The van der Waals surface area contributed by atoms with E-state index in [1.165, 1.54) is 0 Å². The van der Waals surface area contributed by atoms with Crippen LogP contribution in [0.1, 0.15) is 5.56 Å². The van der Waals surface area contributed by atoms with Crippen LogP contribution in [0.4, 0.5) is 5.69 Å². The zero-order valence-corrected chi connectivity index (χ0v) is 13.7. The van der Waals surface area contributed by atoms with Gasteiger partial charge in [0.2, 0.25) is 5.91 Å². The van der Waals surface area contributed by atoms with Crippen molar-refractivity contribution in [2.45, 2.75) is 6.42 Å². The molecule has 0 aliphatic carbocycles. The Morgan fingerprint density at radius 3 is 2.17 bits per heavy atom. The van der Waals surface area contributed by atoms with E-state index in [1.807, 2.05) is 72.8 Å². The number of nitrogens with one attached hydrogen (secondary N) is 1. The predicted octanol–water partition coefficient (Wildman–Crippen LogP) is 5.31. The maximum absolute atomic E-state index is 12.1. The van der Waals surface area contributed by atoms with E-state index in [-0.39, 0.29) is 12.3 Å². The molecule has 0 bridgehead atoms. The van der Waals surface area contributed by atoms with E-state index in [0.29, 0.717) is 16.5 Å². The second kappa shape index (κ2) is 7.66. The Labute approximate surface area is 145 Å². The van der Waals surface area contributed by atoms with Gasteiger partial charge in [0, 0.05) is 10.7 Å². The maximum Gasteiger partial charge on any atom is 0.228 e. The van der Waals surface area contributed by atoms with Gasteiger partial charge < -0.3 is 10.1 Å². The molecule has 3 nitrogen and oxygen atoms in total. The van der Waals surface area contributed by atoms with Crippen LogP contribution in [0, 0.1) is 0 Å². The number of carbonyl (C=O) groups excluding carboxylic acids is 1. The van der Waals surface area contributed by atoms with Gasteiger partial charge in [0.15, 0.2) is 0 Å². The number of benzene rings is 3. The molecule has 0 fully saturated rings. The monoisotopic (exact) mass is 337 g/mol. The van der Waals surface area contributed by atoms with Crippen LogP contribution in [0.3, 0.4) is 0 Å². The Kier molecular flexibility index (Phi) is 5.14. The summed E-state index contributed by atoms with van der Waals surface area (Å²) in [6.07, 6.45) is 0.238. The van der Waals surface area contributed by atoms with Gasteiger partial charge in [-0.25, -0.2) is 0 Å². The van der Waals surface area contributed by atoms with Gasteiger partial charge in [-0.15, -0.1) is 0 Å². The third kappa shape index (κ3) is 4.37. The van der Waals surface area contributed by atoms with Gasteiger partial charge in [0.25, 0.3) is 0 Å². The summed E-state index contributed by atoms with van der Waals surface area (Å²) < 4.78 is 5.72. The first-order valence-corrected chi connectivity index (χ1v) is 7.95. The second-order valence-electron chi connectivity index (χ2n) is 5.26. The van der Waals surface area contributed by atoms with E-state index >= 15 is 0 Å². The van der Waals surface area contributed by atoms with Crippen LogP contribution in [0.15, 0.2) is 78.9 Å². The highest BCUT2D eigenvalue weighted by molar-refractivity contribution is 6.31. The highest BCUT2D eigenvalue weighted by Crippen LogP contribution is 2.23.